The van der Waals surface area contributed by atoms with Crippen LogP contribution >= 0.6 is 0 Å². The molecule has 2 unspecified atom stereocenters. The molecule has 506 valence electrons. The number of primary amides is 1. The van der Waals surface area contributed by atoms with Crippen molar-refractivity contribution in [2.24, 2.45) is 57.5 Å². The quantitative estimate of drug-likeness (QED) is 0.0210. The Morgan fingerprint density at radius 1 is 0.644 bits per heavy atom. The molecular weight excluding hydrogens is 1180 g/mol. The number of nitrogens with one attached hydrogen (secondary N) is 10. The summed E-state index contributed by atoms with van der Waals surface area (Å²) in [5.41, 5.74) is 22.6. The van der Waals surface area contributed by atoms with Crippen LogP contribution in [-0.2, 0) is 62.3 Å². The van der Waals surface area contributed by atoms with E-state index in [1.54, 1.807) is 41.5 Å². The number of aliphatic imine (C=N–C) groups is 1. The lowest BCUT2D eigenvalue weighted by Crippen LogP contribution is -2.64. The first kappa shape index (κ1) is 78.0. The van der Waals surface area contributed by atoms with Gasteiger partial charge < -0.3 is 101 Å². The molecule has 0 aromatic heterocycles. The number of guanidine groups is 1. The molecule has 1 fully saturated rings. The summed E-state index contributed by atoms with van der Waals surface area (Å²) in [5, 5.41) is 68.0. The van der Waals surface area contributed by atoms with Gasteiger partial charge in [0, 0.05) is 6.54 Å². The number of amides is 11. The van der Waals surface area contributed by atoms with Gasteiger partial charge >= 0.3 is 5.97 Å². The summed E-state index contributed by atoms with van der Waals surface area (Å²) in [6, 6.07) is -10.7. The number of carbonyl (C=O) groups is 12. The largest absolute Gasteiger partial charge is 0.453 e. The maximum absolute atomic E-state index is 15.3. The minimum Gasteiger partial charge on any atom is -0.453 e. The van der Waals surface area contributed by atoms with Crippen LogP contribution in [0.15, 0.2) is 35.3 Å². The van der Waals surface area contributed by atoms with Crippen molar-refractivity contribution in [1.82, 2.24) is 53.2 Å². The highest BCUT2D eigenvalue weighted by Gasteiger charge is 2.44. The second kappa shape index (κ2) is 37.8. The van der Waals surface area contributed by atoms with Gasteiger partial charge in [-0.15, -0.1) is 0 Å². The van der Waals surface area contributed by atoms with Crippen molar-refractivity contribution in [3.63, 3.8) is 0 Å². The van der Waals surface area contributed by atoms with Crippen molar-refractivity contribution >= 4 is 76.9 Å². The number of ether oxygens (including phenoxy) is 1. The zero-order valence-corrected chi connectivity index (χ0v) is 53.1. The lowest BCUT2D eigenvalue weighted by molar-refractivity contribution is -0.159. The van der Waals surface area contributed by atoms with Gasteiger partial charge in [-0.2, -0.15) is 0 Å². The van der Waals surface area contributed by atoms with E-state index in [4.69, 9.17) is 27.7 Å². The minimum atomic E-state index is -2.57. The van der Waals surface area contributed by atoms with E-state index in [-0.39, 0.29) is 74.3 Å². The predicted molar refractivity (Wildman–Crippen MR) is 326 cm³/mol. The second-order valence-corrected chi connectivity index (χ2v) is 24.1. The molecule has 32 heteroatoms. The predicted octanol–water partition coefficient (Wildman–Crippen LogP) is -5.43. The molecule has 1 aromatic rings. The maximum atomic E-state index is 15.3. The highest BCUT2D eigenvalue weighted by molar-refractivity contribution is 6.00. The first-order valence-electron chi connectivity index (χ1n) is 30.1. The van der Waals surface area contributed by atoms with Crippen LogP contribution in [0, 0.1) is 29.6 Å². The van der Waals surface area contributed by atoms with E-state index in [9.17, 15) is 73.2 Å². The fourth-order valence-corrected chi connectivity index (χ4v) is 9.25. The van der Waals surface area contributed by atoms with Crippen LogP contribution in [0.1, 0.15) is 126 Å². The Morgan fingerprint density at radius 3 is 1.72 bits per heavy atom. The van der Waals surface area contributed by atoms with Crippen LogP contribution in [0.5, 0.6) is 0 Å². The summed E-state index contributed by atoms with van der Waals surface area (Å²) in [6.45, 7) is 15.3. The van der Waals surface area contributed by atoms with Crippen molar-refractivity contribution in [1.29, 1.82) is 0 Å². The molecule has 32 nitrogen and oxygen atoms in total. The summed E-state index contributed by atoms with van der Waals surface area (Å²) in [7, 11) is 0. The van der Waals surface area contributed by atoms with Gasteiger partial charge in [-0.3, -0.25) is 57.7 Å². The van der Waals surface area contributed by atoms with E-state index in [0.29, 0.717) is 0 Å². The standard InChI is InChI=1S/C58H97N15O17/c1-12-30(10)39-53(85)71-40(31(11)75)52(84)64-24-38(76)69-42(45(78)47(60)79)55(87)68-37(25-74)57(89)90-46(32-17-14-13-15-18-32)43(73-51(83)36(23-28(6)7)66-48(80)33(59)21-26(2)3)56(88)72-41(44(77)29(8)9)54(86)67-35(22-27(4)5)50(82)65-34(49(81)70-39)19-16-20-63-58(61)62/h13-15,17-18,26-31,33-37,39-46,74-75,77-78H,12,16,19-25,59H2,1-11H3,(H2,60,79)(H,64,84)(H,65,82)(H,66,80)(H,67,86)(H,68,87)(H,69,76)(H,70,81)(H,71,85)(H,72,88)(H,73,83)(H4,61,62,63)/t30-,31-,33+,34+,35-,36-,37-,39-,40-,41?,42-,43?,44+,45-,46+/m0/s1. The number of esters is 1. The molecule has 0 spiro atoms. The fourth-order valence-electron chi connectivity index (χ4n) is 9.25. The van der Waals surface area contributed by atoms with E-state index >= 15 is 4.79 Å². The SMILES string of the molecule is CC[C@H](C)[C@@H]1NC(=O)[C@@H](CCCN=C(N)N)NC(=O)[C@H](CC(C)C)NC(=O)C([C@H](O)C(C)C)NC(=O)C(NC(=O)[C@H](CC(C)C)NC(=O)[C@H](N)CC(C)C)[C@@H](c2ccccc2)OC(=O)[C@H](CO)NC(=O)[C@H]([C@H](O)C(N)=O)NC(=O)CNC(=O)[C@H]([C@H](C)O)NC1=O. The lowest BCUT2D eigenvalue weighted by atomic mass is 9.95. The number of rotatable bonds is 23. The maximum Gasteiger partial charge on any atom is 0.331 e. The van der Waals surface area contributed by atoms with Crippen LogP contribution < -0.4 is 76.1 Å². The van der Waals surface area contributed by atoms with Crippen molar-refractivity contribution in [2.75, 3.05) is 19.7 Å². The highest BCUT2D eigenvalue weighted by Crippen LogP contribution is 2.25. The molecule has 1 aromatic carbocycles. The van der Waals surface area contributed by atoms with Gasteiger partial charge in [0.1, 0.15) is 48.3 Å². The van der Waals surface area contributed by atoms with Gasteiger partial charge in [0.25, 0.3) is 0 Å². The molecule has 0 bridgehead atoms. The summed E-state index contributed by atoms with van der Waals surface area (Å²) >= 11 is 0. The van der Waals surface area contributed by atoms with Crippen molar-refractivity contribution in [3.05, 3.63) is 35.9 Å². The number of nitrogens with two attached hydrogens (primary N) is 4. The summed E-state index contributed by atoms with van der Waals surface area (Å²) in [4.78, 5) is 174. The molecule has 1 aliphatic heterocycles. The molecule has 0 saturated carbocycles. The van der Waals surface area contributed by atoms with E-state index < -0.39 is 181 Å². The van der Waals surface area contributed by atoms with Crippen LogP contribution in [0.4, 0.5) is 0 Å². The Bertz CT molecular complexity index is 2640. The third kappa shape index (κ3) is 25.4. The number of hydrogen-bond donors (Lipinski definition) is 18. The number of aliphatic hydroxyl groups is 4. The number of benzene rings is 1. The van der Waals surface area contributed by atoms with Gasteiger partial charge in [0.15, 0.2) is 24.2 Å². The molecule has 22 N–H and O–H groups in total. The van der Waals surface area contributed by atoms with E-state index in [0.717, 1.165) is 6.92 Å². The Morgan fingerprint density at radius 2 is 1.19 bits per heavy atom. The van der Waals surface area contributed by atoms with E-state index in [2.05, 4.69) is 47.5 Å². The van der Waals surface area contributed by atoms with Crippen LogP contribution in [-0.4, -0.2) is 196 Å². The van der Waals surface area contributed by atoms with Crippen molar-refractivity contribution in [2.45, 2.75) is 200 Å². The van der Waals surface area contributed by atoms with Gasteiger partial charge in [-0.05, 0) is 74.2 Å². The van der Waals surface area contributed by atoms with Gasteiger partial charge in [0.2, 0.25) is 65.0 Å². The number of carbonyl (C=O) groups excluding carboxylic acids is 12. The Balaban J connectivity index is 3.13. The first-order chi connectivity index (χ1) is 42.0. The molecule has 11 amide bonds. The average molecular weight is 1280 g/mol. The average Bonchev–Trinajstić information content (AvgIpc) is 1.47. The van der Waals surface area contributed by atoms with Gasteiger partial charge in [-0.25, -0.2) is 4.79 Å². The highest BCUT2D eigenvalue weighted by atomic mass is 16.5. The molecule has 1 aliphatic rings. The molecular formula is C58H97N15O17. The molecule has 0 radical (unpaired) electrons. The fraction of sp³-hybridized carbons (Fsp3) is 0.672. The second-order valence-electron chi connectivity index (χ2n) is 24.1. The molecule has 0 aliphatic carbocycles. The van der Waals surface area contributed by atoms with Crippen LogP contribution in [0.3, 0.4) is 0 Å². The number of nitrogens with zero attached hydrogens (tertiary/aromatic N) is 1. The van der Waals surface area contributed by atoms with E-state index in [1.165, 1.54) is 44.2 Å². The van der Waals surface area contributed by atoms with E-state index in [1.807, 2.05) is 24.5 Å². The molecule has 90 heavy (non-hydrogen) atoms. The van der Waals surface area contributed by atoms with Crippen molar-refractivity contribution < 1.29 is 82.7 Å². The summed E-state index contributed by atoms with van der Waals surface area (Å²) in [5.74, 6) is -17.2. The number of hydrogen-bond acceptors (Lipinski definition) is 19. The lowest BCUT2D eigenvalue weighted by Gasteiger charge is -2.34. The third-order valence-corrected chi connectivity index (χ3v) is 14.4. The smallest absolute Gasteiger partial charge is 0.331 e. The molecule has 1 saturated heterocycles. The zero-order chi connectivity index (χ0) is 68.4. The first-order valence-corrected chi connectivity index (χ1v) is 30.1. The molecule has 15 atom stereocenters. The van der Waals surface area contributed by atoms with Crippen molar-refractivity contribution in [3.8, 4) is 0 Å². The van der Waals surface area contributed by atoms with Gasteiger partial charge in [-0.1, -0.05) is 106 Å². The monoisotopic (exact) mass is 1280 g/mol. The molecule has 2 rings (SSSR count). The Hall–Kier alpha value is -8.07. The number of cyclic esters (lactones) is 1. The summed E-state index contributed by atoms with van der Waals surface area (Å²) in [6.07, 6.45) is -8.04. The number of aliphatic hydroxyl groups excluding tert-OH is 4. The Labute approximate surface area is 523 Å². The van der Waals surface area contributed by atoms with Crippen LogP contribution in [0.25, 0.3) is 0 Å². The minimum absolute atomic E-state index is 0.0466. The zero-order valence-electron chi connectivity index (χ0n) is 53.1. The van der Waals surface area contributed by atoms with Gasteiger partial charge in [0.05, 0.1) is 31.4 Å². The Kier molecular flexibility index (Phi) is 32.8. The third-order valence-electron chi connectivity index (χ3n) is 14.4. The molecule has 1 heterocycles. The topological polar surface area (TPSA) is 532 Å². The van der Waals surface area contributed by atoms with Crippen LogP contribution in [0.2, 0.25) is 0 Å². The summed E-state index contributed by atoms with van der Waals surface area (Å²) < 4.78 is 5.92. The normalized spacial score (nSPS) is 24.7.